The van der Waals surface area contributed by atoms with Crippen molar-refractivity contribution < 1.29 is 0 Å². The molecule has 0 radical (unpaired) electrons. The van der Waals surface area contributed by atoms with Gasteiger partial charge in [0.15, 0.2) is 0 Å². The van der Waals surface area contributed by atoms with Gasteiger partial charge in [0.1, 0.15) is 0 Å². The van der Waals surface area contributed by atoms with Crippen LogP contribution in [0, 0.1) is 0 Å². The van der Waals surface area contributed by atoms with Crippen LogP contribution in [0.2, 0.25) is 0 Å². The lowest BCUT2D eigenvalue weighted by molar-refractivity contribution is 0.558. The SMILES string of the molecule is C=C/C=C\N(C(=C)C)/C(CC)=C(\C)c1ccc(C(C)C)cc1. The highest BCUT2D eigenvalue weighted by Crippen LogP contribution is 2.27. The first-order chi connectivity index (χ1) is 10.4. The maximum absolute atomic E-state index is 4.10. The van der Waals surface area contributed by atoms with E-state index >= 15 is 0 Å². The molecule has 0 bridgehead atoms. The summed E-state index contributed by atoms with van der Waals surface area (Å²) in [6.45, 7) is 18.7. The molecule has 1 rings (SSSR count). The van der Waals surface area contributed by atoms with Crippen LogP contribution in [-0.4, -0.2) is 4.90 Å². The van der Waals surface area contributed by atoms with Gasteiger partial charge >= 0.3 is 0 Å². The summed E-state index contributed by atoms with van der Waals surface area (Å²) in [5.74, 6) is 0.562. The van der Waals surface area contributed by atoms with Crippen molar-refractivity contribution in [2.75, 3.05) is 0 Å². The molecule has 0 aliphatic rings. The van der Waals surface area contributed by atoms with Crippen LogP contribution in [0.25, 0.3) is 5.57 Å². The van der Waals surface area contributed by atoms with Crippen molar-refractivity contribution in [1.82, 2.24) is 4.90 Å². The van der Waals surface area contributed by atoms with Gasteiger partial charge in [-0.2, -0.15) is 0 Å². The van der Waals surface area contributed by atoms with Crippen LogP contribution in [-0.2, 0) is 0 Å². The summed E-state index contributed by atoms with van der Waals surface area (Å²) in [6.07, 6.45) is 6.71. The summed E-state index contributed by atoms with van der Waals surface area (Å²) in [6, 6.07) is 8.88. The topological polar surface area (TPSA) is 3.24 Å². The summed E-state index contributed by atoms with van der Waals surface area (Å²) in [7, 11) is 0. The second kappa shape index (κ2) is 8.43. The number of hydrogen-bond acceptors (Lipinski definition) is 1. The van der Waals surface area contributed by atoms with Crippen molar-refractivity contribution in [3.05, 3.63) is 78.3 Å². The Hall–Kier alpha value is -2.02. The highest BCUT2D eigenvalue weighted by molar-refractivity contribution is 5.67. The van der Waals surface area contributed by atoms with Crippen molar-refractivity contribution in [2.45, 2.75) is 47.0 Å². The summed E-state index contributed by atoms with van der Waals surface area (Å²) in [5, 5.41) is 0. The zero-order valence-electron chi connectivity index (χ0n) is 14.7. The molecular formula is C21H29N. The molecule has 1 aromatic carbocycles. The quantitative estimate of drug-likeness (QED) is 0.520. The van der Waals surface area contributed by atoms with Gasteiger partial charge in [-0.05, 0) is 49.0 Å². The van der Waals surface area contributed by atoms with Crippen molar-refractivity contribution >= 4 is 5.57 Å². The van der Waals surface area contributed by atoms with Crippen LogP contribution >= 0.6 is 0 Å². The molecule has 0 aliphatic carbocycles. The zero-order valence-corrected chi connectivity index (χ0v) is 14.7. The number of hydrogen-bond donors (Lipinski definition) is 0. The fraction of sp³-hybridized carbons (Fsp3) is 0.333. The van der Waals surface area contributed by atoms with Crippen LogP contribution in [0.15, 0.2) is 67.2 Å². The van der Waals surface area contributed by atoms with E-state index in [4.69, 9.17) is 0 Å². The molecule has 0 atom stereocenters. The van der Waals surface area contributed by atoms with Crippen LogP contribution in [0.5, 0.6) is 0 Å². The van der Waals surface area contributed by atoms with Crippen LogP contribution in [0.3, 0.4) is 0 Å². The summed E-state index contributed by atoms with van der Waals surface area (Å²) < 4.78 is 0. The van der Waals surface area contributed by atoms with E-state index in [9.17, 15) is 0 Å². The Balaban J connectivity index is 3.26. The lowest BCUT2D eigenvalue weighted by Gasteiger charge is -2.25. The largest absolute Gasteiger partial charge is 0.325 e. The Bertz CT molecular complexity index is 570. The Morgan fingerprint density at radius 2 is 1.77 bits per heavy atom. The van der Waals surface area contributed by atoms with E-state index in [-0.39, 0.29) is 0 Å². The maximum Gasteiger partial charge on any atom is 0.0255 e. The Kier molecular flexibility index (Phi) is 6.91. The van der Waals surface area contributed by atoms with Crippen LogP contribution in [0.1, 0.15) is 58.1 Å². The number of nitrogens with zero attached hydrogens (tertiary/aromatic N) is 1. The minimum atomic E-state index is 0.562. The average Bonchev–Trinajstić information content (AvgIpc) is 2.50. The molecule has 0 saturated carbocycles. The van der Waals surface area contributed by atoms with Crippen molar-refractivity contribution in [3.8, 4) is 0 Å². The molecule has 1 nitrogen and oxygen atoms in total. The fourth-order valence-corrected chi connectivity index (χ4v) is 2.50. The molecule has 0 N–H and O–H groups in total. The van der Waals surface area contributed by atoms with Gasteiger partial charge in [0.05, 0.1) is 0 Å². The normalized spacial score (nSPS) is 12.5. The molecular weight excluding hydrogens is 266 g/mol. The molecule has 0 aromatic heterocycles. The minimum absolute atomic E-state index is 0.562. The molecule has 0 heterocycles. The highest BCUT2D eigenvalue weighted by atomic mass is 15.1. The predicted octanol–water partition coefficient (Wildman–Crippen LogP) is 6.49. The third kappa shape index (κ3) is 4.49. The summed E-state index contributed by atoms with van der Waals surface area (Å²) in [4.78, 5) is 2.15. The van der Waals surface area contributed by atoms with E-state index in [1.54, 1.807) is 6.08 Å². The van der Waals surface area contributed by atoms with Crippen molar-refractivity contribution in [3.63, 3.8) is 0 Å². The molecule has 0 spiro atoms. The number of allylic oxidation sites excluding steroid dienone is 5. The van der Waals surface area contributed by atoms with E-state index in [0.29, 0.717) is 5.92 Å². The standard InChI is InChI=1S/C21H29N/c1-8-10-15-22(17(5)6)21(9-2)18(7)20-13-11-19(12-14-20)16(3)4/h8,10-16H,1,5,9H2,2-4,6-7H3/b15-10-,21-18+. The molecule has 1 aromatic rings. The second-order valence-electron chi connectivity index (χ2n) is 5.88. The lowest BCUT2D eigenvalue weighted by Crippen LogP contribution is -2.14. The smallest absolute Gasteiger partial charge is 0.0255 e. The first kappa shape index (κ1) is 18.0. The van der Waals surface area contributed by atoms with E-state index in [0.717, 1.165) is 12.1 Å². The van der Waals surface area contributed by atoms with Gasteiger partial charge in [0, 0.05) is 17.6 Å². The number of rotatable bonds is 7. The Morgan fingerprint density at radius 3 is 2.18 bits per heavy atom. The molecule has 1 heteroatoms. The van der Waals surface area contributed by atoms with Gasteiger partial charge in [-0.15, -0.1) is 0 Å². The van der Waals surface area contributed by atoms with E-state index in [1.807, 2.05) is 19.2 Å². The van der Waals surface area contributed by atoms with Crippen LogP contribution in [0.4, 0.5) is 0 Å². The lowest BCUT2D eigenvalue weighted by atomic mass is 9.97. The van der Waals surface area contributed by atoms with E-state index < -0.39 is 0 Å². The fourth-order valence-electron chi connectivity index (χ4n) is 2.50. The summed E-state index contributed by atoms with van der Waals surface area (Å²) in [5.41, 5.74) is 6.20. The predicted molar refractivity (Wildman–Crippen MR) is 99.4 cm³/mol. The second-order valence-corrected chi connectivity index (χ2v) is 5.88. The molecule has 0 amide bonds. The molecule has 0 saturated heterocycles. The number of benzene rings is 1. The first-order valence-corrected chi connectivity index (χ1v) is 7.96. The first-order valence-electron chi connectivity index (χ1n) is 7.96. The van der Waals surface area contributed by atoms with E-state index in [1.165, 1.54) is 22.4 Å². The Morgan fingerprint density at radius 1 is 1.18 bits per heavy atom. The monoisotopic (exact) mass is 295 g/mol. The minimum Gasteiger partial charge on any atom is -0.325 e. The van der Waals surface area contributed by atoms with Gasteiger partial charge in [0.25, 0.3) is 0 Å². The molecule has 118 valence electrons. The van der Waals surface area contributed by atoms with Gasteiger partial charge in [0.2, 0.25) is 0 Å². The van der Waals surface area contributed by atoms with Crippen LogP contribution < -0.4 is 0 Å². The van der Waals surface area contributed by atoms with Crippen molar-refractivity contribution in [2.24, 2.45) is 0 Å². The average molecular weight is 295 g/mol. The third-order valence-corrected chi connectivity index (χ3v) is 3.85. The molecule has 0 aliphatic heterocycles. The van der Waals surface area contributed by atoms with E-state index in [2.05, 4.69) is 70.0 Å². The zero-order chi connectivity index (χ0) is 16.7. The van der Waals surface area contributed by atoms with Gasteiger partial charge < -0.3 is 4.90 Å². The third-order valence-electron chi connectivity index (χ3n) is 3.85. The van der Waals surface area contributed by atoms with Gasteiger partial charge in [-0.1, -0.05) is 64.3 Å². The highest BCUT2D eigenvalue weighted by Gasteiger charge is 2.11. The maximum atomic E-state index is 4.10. The summed E-state index contributed by atoms with van der Waals surface area (Å²) >= 11 is 0. The Labute approximate surface area is 136 Å². The van der Waals surface area contributed by atoms with Crippen molar-refractivity contribution in [1.29, 1.82) is 0 Å². The van der Waals surface area contributed by atoms with Gasteiger partial charge in [-0.3, -0.25) is 0 Å². The molecule has 0 unspecified atom stereocenters. The molecule has 22 heavy (non-hydrogen) atoms. The van der Waals surface area contributed by atoms with Gasteiger partial charge in [-0.25, -0.2) is 0 Å². The molecule has 0 fully saturated rings.